The second kappa shape index (κ2) is 3.76. The van der Waals surface area contributed by atoms with Crippen molar-refractivity contribution in [3.05, 3.63) is 20.2 Å². The molecule has 0 aromatic carbocycles. The summed E-state index contributed by atoms with van der Waals surface area (Å²) < 4.78 is 0. The molecule has 1 fully saturated rings. The normalized spacial score (nSPS) is 17.0. The molecule has 4 heteroatoms. The van der Waals surface area contributed by atoms with Gasteiger partial charge in [0, 0.05) is 28.6 Å². The van der Waals surface area contributed by atoms with Crippen molar-refractivity contribution < 1.29 is 0 Å². The fraction of sp³-hybridized carbons (Fsp3) is 0.727. The number of H-pyrrole nitrogens is 1. The van der Waals surface area contributed by atoms with E-state index < -0.39 is 0 Å². The summed E-state index contributed by atoms with van der Waals surface area (Å²) in [6, 6.07) is 0. The Hall–Kier alpha value is -0.610. The number of hydrogen-bond acceptors (Lipinski definition) is 3. The standard InChI is InChI=1S/C11H18N2OS/c1-11(2,3)12-6-8-9(7-4-5-7)13-10(14)15-8/h7,12H,4-6H2,1-3H3,(H,13,14). The molecular formula is C11H18N2OS. The highest BCUT2D eigenvalue weighted by molar-refractivity contribution is 7.09. The van der Waals surface area contributed by atoms with Crippen molar-refractivity contribution in [1.29, 1.82) is 0 Å². The van der Waals surface area contributed by atoms with Crippen molar-refractivity contribution in [2.24, 2.45) is 0 Å². The SMILES string of the molecule is CC(C)(C)NCc1sc(=O)[nH]c1C1CC1. The van der Waals surface area contributed by atoms with Gasteiger partial charge in [0.1, 0.15) is 0 Å². The maximum absolute atomic E-state index is 11.3. The molecule has 0 bridgehead atoms. The molecule has 1 heterocycles. The van der Waals surface area contributed by atoms with Crippen LogP contribution >= 0.6 is 11.3 Å². The van der Waals surface area contributed by atoms with Crippen molar-refractivity contribution in [1.82, 2.24) is 10.3 Å². The first-order valence-electron chi connectivity index (χ1n) is 5.42. The lowest BCUT2D eigenvalue weighted by Gasteiger charge is -2.20. The number of thiazole rings is 1. The molecule has 84 valence electrons. The van der Waals surface area contributed by atoms with Crippen LogP contribution in [-0.2, 0) is 6.54 Å². The summed E-state index contributed by atoms with van der Waals surface area (Å²) in [5, 5.41) is 3.43. The van der Waals surface area contributed by atoms with Crippen LogP contribution in [0.1, 0.15) is 50.1 Å². The molecule has 0 atom stereocenters. The number of aromatic amines is 1. The first-order valence-corrected chi connectivity index (χ1v) is 6.24. The van der Waals surface area contributed by atoms with Crippen LogP contribution in [0.5, 0.6) is 0 Å². The van der Waals surface area contributed by atoms with Crippen LogP contribution in [0.4, 0.5) is 0 Å². The number of aromatic nitrogens is 1. The van der Waals surface area contributed by atoms with E-state index in [9.17, 15) is 4.79 Å². The maximum Gasteiger partial charge on any atom is 0.304 e. The Balaban J connectivity index is 2.10. The highest BCUT2D eigenvalue weighted by Crippen LogP contribution is 2.41. The van der Waals surface area contributed by atoms with E-state index in [-0.39, 0.29) is 10.4 Å². The number of rotatable bonds is 3. The molecule has 3 nitrogen and oxygen atoms in total. The predicted octanol–water partition coefficient (Wildman–Crippen LogP) is 2.20. The van der Waals surface area contributed by atoms with E-state index in [1.807, 2.05) is 0 Å². The summed E-state index contributed by atoms with van der Waals surface area (Å²) in [6.45, 7) is 7.22. The molecule has 0 amide bonds. The molecule has 1 aromatic rings. The van der Waals surface area contributed by atoms with E-state index in [2.05, 4.69) is 31.1 Å². The van der Waals surface area contributed by atoms with Gasteiger partial charge in [-0.2, -0.15) is 0 Å². The van der Waals surface area contributed by atoms with Gasteiger partial charge in [0.05, 0.1) is 0 Å². The van der Waals surface area contributed by atoms with E-state index >= 15 is 0 Å². The zero-order valence-electron chi connectivity index (χ0n) is 9.52. The molecule has 0 unspecified atom stereocenters. The van der Waals surface area contributed by atoms with Crippen molar-refractivity contribution in [3.63, 3.8) is 0 Å². The van der Waals surface area contributed by atoms with Gasteiger partial charge in [0.15, 0.2) is 0 Å². The van der Waals surface area contributed by atoms with Gasteiger partial charge in [-0.25, -0.2) is 0 Å². The predicted molar refractivity (Wildman–Crippen MR) is 63.5 cm³/mol. The molecule has 15 heavy (non-hydrogen) atoms. The van der Waals surface area contributed by atoms with Crippen LogP contribution in [0.15, 0.2) is 4.79 Å². The summed E-state index contributed by atoms with van der Waals surface area (Å²) in [5.41, 5.74) is 1.29. The smallest absolute Gasteiger partial charge is 0.304 e. The van der Waals surface area contributed by atoms with Crippen molar-refractivity contribution in [2.45, 2.75) is 51.6 Å². The average Bonchev–Trinajstić information content (AvgIpc) is 2.86. The van der Waals surface area contributed by atoms with Gasteiger partial charge in [-0.1, -0.05) is 11.3 Å². The fourth-order valence-corrected chi connectivity index (χ4v) is 2.41. The van der Waals surface area contributed by atoms with Crippen LogP contribution in [0, 0.1) is 0 Å². The van der Waals surface area contributed by atoms with Crippen LogP contribution in [-0.4, -0.2) is 10.5 Å². The van der Waals surface area contributed by atoms with Gasteiger partial charge in [-0.15, -0.1) is 0 Å². The minimum atomic E-state index is 0.0857. The Morgan fingerprint density at radius 2 is 2.13 bits per heavy atom. The maximum atomic E-state index is 11.3. The minimum absolute atomic E-state index is 0.0857. The Morgan fingerprint density at radius 3 is 2.67 bits per heavy atom. The van der Waals surface area contributed by atoms with Gasteiger partial charge in [-0.05, 0) is 33.6 Å². The summed E-state index contributed by atoms with van der Waals surface area (Å²) in [4.78, 5) is 15.5. The largest absolute Gasteiger partial charge is 0.316 e. The quantitative estimate of drug-likeness (QED) is 0.830. The van der Waals surface area contributed by atoms with Crippen molar-refractivity contribution in [3.8, 4) is 0 Å². The second-order valence-electron chi connectivity index (χ2n) is 5.23. The van der Waals surface area contributed by atoms with Gasteiger partial charge in [0.25, 0.3) is 0 Å². The van der Waals surface area contributed by atoms with Crippen LogP contribution in [0.2, 0.25) is 0 Å². The molecule has 2 N–H and O–H groups in total. The molecule has 0 radical (unpaired) electrons. The third-order valence-corrected chi connectivity index (χ3v) is 3.42. The van der Waals surface area contributed by atoms with Gasteiger partial charge < -0.3 is 10.3 Å². The Bertz CT molecular complexity index is 395. The van der Waals surface area contributed by atoms with E-state index in [4.69, 9.17) is 0 Å². The van der Waals surface area contributed by atoms with Gasteiger partial charge in [0.2, 0.25) is 0 Å². The van der Waals surface area contributed by atoms with Crippen LogP contribution in [0.25, 0.3) is 0 Å². The van der Waals surface area contributed by atoms with Gasteiger partial charge in [-0.3, -0.25) is 4.79 Å². The number of nitrogens with one attached hydrogen (secondary N) is 2. The average molecular weight is 226 g/mol. The molecular weight excluding hydrogens is 208 g/mol. The van der Waals surface area contributed by atoms with Crippen LogP contribution in [0.3, 0.4) is 0 Å². The van der Waals surface area contributed by atoms with E-state index in [1.54, 1.807) is 0 Å². The third kappa shape index (κ3) is 2.92. The monoisotopic (exact) mass is 226 g/mol. The van der Waals surface area contributed by atoms with Gasteiger partial charge >= 0.3 is 4.87 Å². The molecule has 0 saturated heterocycles. The van der Waals surface area contributed by atoms with E-state index in [1.165, 1.54) is 34.7 Å². The topological polar surface area (TPSA) is 44.9 Å². The van der Waals surface area contributed by atoms with Crippen LogP contribution < -0.4 is 10.2 Å². The summed E-state index contributed by atoms with van der Waals surface area (Å²) in [5.74, 6) is 0.626. The number of hydrogen-bond donors (Lipinski definition) is 2. The Kier molecular flexibility index (Phi) is 2.73. The fourth-order valence-electron chi connectivity index (χ4n) is 1.55. The highest BCUT2D eigenvalue weighted by atomic mass is 32.1. The Labute approximate surface area is 93.9 Å². The van der Waals surface area contributed by atoms with Crippen molar-refractivity contribution in [2.75, 3.05) is 0 Å². The molecule has 1 aliphatic rings. The second-order valence-corrected chi connectivity index (χ2v) is 6.30. The zero-order valence-corrected chi connectivity index (χ0v) is 10.3. The molecule has 2 rings (SSSR count). The minimum Gasteiger partial charge on any atom is -0.316 e. The van der Waals surface area contributed by atoms with Crippen molar-refractivity contribution >= 4 is 11.3 Å². The lowest BCUT2D eigenvalue weighted by atomic mass is 10.1. The first-order chi connectivity index (χ1) is 6.96. The molecule has 1 aliphatic carbocycles. The summed E-state index contributed by atoms with van der Waals surface area (Å²) in [6.07, 6.45) is 2.46. The third-order valence-electron chi connectivity index (χ3n) is 2.52. The highest BCUT2D eigenvalue weighted by Gasteiger charge is 2.28. The molecule has 1 aromatic heterocycles. The molecule has 1 saturated carbocycles. The van der Waals surface area contributed by atoms with E-state index in [0.29, 0.717) is 5.92 Å². The Morgan fingerprint density at radius 1 is 1.47 bits per heavy atom. The lowest BCUT2D eigenvalue weighted by Crippen LogP contribution is -2.35. The summed E-state index contributed by atoms with van der Waals surface area (Å²) >= 11 is 1.35. The lowest BCUT2D eigenvalue weighted by molar-refractivity contribution is 0.425. The first kappa shape index (κ1) is 10.9. The molecule has 0 spiro atoms. The van der Waals surface area contributed by atoms with E-state index in [0.717, 1.165) is 6.54 Å². The molecule has 0 aliphatic heterocycles. The zero-order chi connectivity index (χ0) is 11.1. The summed E-state index contributed by atoms with van der Waals surface area (Å²) in [7, 11) is 0.